The molecular weight excluding hydrogens is 398 g/mol. The van der Waals surface area contributed by atoms with E-state index in [-0.39, 0.29) is 10.4 Å². The van der Waals surface area contributed by atoms with E-state index < -0.39 is 18.4 Å². The number of carbonyl (C=O) groups excluding carboxylic acids is 1. The van der Waals surface area contributed by atoms with Crippen LogP contribution in [0.2, 0.25) is 5.02 Å². The summed E-state index contributed by atoms with van der Waals surface area (Å²) in [5.74, 6) is -0.680. The third-order valence-corrected chi connectivity index (χ3v) is 5.27. The molecule has 1 aliphatic rings. The van der Waals surface area contributed by atoms with E-state index in [4.69, 9.17) is 38.4 Å². The van der Waals surface area contributed by atoms with Crippen molar-refractivity contribution >= 4 is 57.9 Å². The van der Waals surface area contributed by atoms with Gasteiger partial charge in [0.15, 0.2) is 11.5 Å². The Bertz CT molecular complexity index is 781. The summed E-state index contributed by atoms with van der Waals surface area (Å²) >= 11 is 12.4. The van der Waals surface area contributed by atoms with Crippen LogP contribution in [0.5, 0.6) is 11.5 Å². The number of hydrogen-bond donors (Lipinski definition) is 1. The largest absolute Gasteiger partial charge is 0.493 e. The normalized spacial score (nSPS) is 16.9. The maximum Gasteiger partial charge on any atom is 0.323 e. The maximum atomic E-state index is 12.3. The Balaban J connectivity index is 2.33. The number of hydrogen-bond acceptors (Lipinski definition) is 6. The molecule has 9 heteroatoms. The minimum absolute atomic E-state index is 0.0282. The molecule has 1 heterocycles. The molecule has 0 saturated carbocycles. The molecule has 2 rings (SSSR count). The fraction of sp³-hybridized carbons (Fsp3) is 0.353. The third kappa shape index (κ3) is 4.69. The zero-order chi connectivity index (χ0) is 19.4. The number of benzene rings is 1. The lowest BCUT2D eigenvalue weighted by atomic mass is 10.1. The van der Waals surface area contributed by atoms with Gasteiger partial charge in [0.2, 0.25) is 0 Å². The van der Waals surface area contributed by atoms with E-state index in [0.717, 1.165) is 23.1 Å². The van der Waals surface area contributed by atoms with E-state index in [0.29, 0.717) is 27.0 Å². The van der Waals surface area contributed by atoms with Gasteiger partial charge in [-0.3, -0.25) is 14.5 Å². The zero-order valence-corrected chi connectivity index (χ0v) is 16.8. The molecule has 1 aromatic rings. The Morgan fingerprint density at radius 3 is 2.77 bits per heavy atom. The van der Waals surface area contributed by atoms with Gasteiger partial charge in [-0.15, -0.1) is 0 Å². The van der Waals surface area contributed by atoms with E-state index in [9.17, 15) is 9.59 Å². The lowest BCUT2D eigenvalue weighted by molar-refractivity contribution is -0.140. The van der Waals surface area contributed by atoms with Crippen molar-refractivity contribution in [3.05, 3.63) is 27.6 Å². The highest BCUT2D eigenvalue weighted by Crippen LogP contribution is 2.39. The fourth-order valence-electron chi connectivity index (χ4n) is 2.14. The van der Waals surface area contributed by atoms with Crippen LogP contribution in [0, 0.1) is 0 Å². The summed E-state index contributed by atoms with van der Waals surface area (Å²) in [6.45, 7) is 3.46. The van der Waals surface area contributed by atoms with Crippen molar-refractivity contribution in [3.63, 3.8) is 0 Å². The van der Waals surface area contributed by atoms with Gasteiger partial charge in [-0.25, -0.2) is 0 Å². The first-order chi connectivity index (χ1) is 12.3. The van der Waals surface area contributed by atoms with E-state index in [2.05, 4.69) is 0 Å². The molecule has 1 amide bonds. The molecular formula is C17H18ClNO5S2. The average Bonchev–Trinajstić information content (AvgIpc) is 2.83. The molecule has 140 valence electrons. The van der Waals surface area contributed by atoms with E-state index in [1.165, 1.54) is 7.11 Å². The van der Waals surface area contributed by atoms with Crippen LogP contribution in [-0.2, 0) is 9.59 Å². The number of methoxy groups -OCH3 is 1. The van der Waals surface area contributed by atoms with E-state index in [1.54, 1.807) is 18.2 Å². The second kappa shape index (κ2) is 8.75. The number of carbonyl (C=O) groups is 2. The van der Waals surface area contributed by atoms with Crippen molar-refractivity contribution in [3.8, 4) is 11.5 Å². The predicted octanol–water partition coefficient (Wildman–Crippen LogP) is 3.81. The number of ether oxygens (including phenoxy) is 2. The molecule has 1 saturated heterocycles. The van der Waals surface area contributed by atoms with Crippen molar-refractivity contribution in [1.29, 1.82) is 0 Å². The third-order valence-electron chi connectivity index (χ3n) is 3.61. The van der Waals surface area contributed by atoms with Gasteiger partial charge >= 0.3 is 5.97 Å². The maximum absolute atomic E-state index is 12.3. The van der Waals surface area contributed by atoms with Crippen LogP contribution in [0.3, 0.4) is 0 Å². The van der Waals surface area contributed by atoms with Crippen molar-refractivity contribution in [2.45, 2.75) is 26.4 Å². The summed E-state index contributed by atoms with van der Waals surface area (Å²) in [5.41, 5.74) is 0.624. The number of aliphatic carboxylic acids is 1. The molecule has 26 heavy (non-hydrogen) atoms. The highest BCUT2D eigenvalue weighted by atomic mass is 35.5. The smallest absolute Gasteiger partial charge is 0.323 e. The van der Waals surface area contributed by atoms with Crippen LogP contribution >= 0.6 is 35.6 Å². The zero-order valence-electron chi connectivity index (χ0n) is 14.4. The Morgan fingerprint density at radius 1 is 1.50 bits per heavy atom. The van der Waals surface area contributed by atoms with E-state index in [1.807, 2.05) is 13.8 Å². The molecule has 0 spiro atoms. The summed E-state index contributed by atoms with van der Waals surface area (Å²) in [5, 5.41) is 9.24. The monoisotopic (exact) mass is 415 g/mol. The number of thioether (sulfide) groups is 1. The summed E-state index contributed by atoms with van der Waals surface area (Å²) in [6, 6.07) is 3.36. The number of carboxylic acids is 1. The number of carboxylic acid groups (broad SMARTS) is 1. The summed E-state index contributed by atoms with van der Waals surface area (Å²) < 4.78 is 11.4. The van der Waals surface area contributed by atoms with Crippen LogP contribution in [0.15, 0.2) is 17.0 Å². The summed E-state index contributed by atoms with van der Waals surface area (Å²) in [6.07, 6.45) is 2.38. The Hall–Kier alpha value is -1.77. The fourth-order valence-corrected chi connectivity index (χ4v) is 3.66. The van der Waals surface area contributed by atoms with Crippen molar-refractivity contribution < 1.29 is 24.2 Å². The molecule has 1 N–H and O–H groups in total. The van der Waals surface area contributed by atoms with Crippen LogP contribution in [0.1, 0.15) is 25.8 Å². The number of rotatable bonds is 7. The Morgan fingerprint density at radius 2 is 2.19 bits per heavy atom. The number of halogens is 1. The molecule has 0 aromatic heterocycles. The second-order valence-corrected chi connectivity index (χ2v) is 7.62. The van der Waals surface area contributed by atoms with Gasteiger partial charge < -0.3 is 14.6 Å². The highest BCUT2D eigenvalue weighted by Gasteiger charge is 2.33. The molecule has 0 radical (unpaired) electrons. The molecule has 1 fully saturated rings. The lowest BCUT2D eigenvalue weighted by Crippen LogP contribution is -2.33. The lowest BCUT2D eigenvalue weighted by Gasteiger charge is -2.17. The van der Waals surface area contributed by atoms with Crippen LogP contribution in [0.25, 0.3) is 6.08 Å². The summed E-state index contributed by atoms with van der Waals surface area (Å²) in [7, 11) is 1.51. The van der Waals surface area contributed by atoms with Crippen molar-refractivity contribution in [1.82, 2.24) is 4.90 Å². The first kappa shape index (κ1) is 20.5. The first-order valence-corrected chi connectivity index (χ1v) is 9.38. The molecule has 0 bridgehead atoms. The van der Waals surface area contributed by atoms with Crippen LogP contribution < -0.4 is 9.47 Å². The van der Waals surface area contributed by atoms with E-state index >= 15 is 0 Å². The number of nitrogens with zero attached hydrogens (tertiary/aromatic N) is 1. The molecule has 1 aliphatic heterocycles. The Kier molecular flexibility index (Phi) is 6.91. The quantitative estimate of drug-likeness (QED) is 0.536. The molecule has 1 atom stereocenters. The molecule has 0 aliphatic carbocycles. The SMILES string of the molecule is CC[C@@H](C)Oc1c(Cl)cc(/C=C2/SC(=S)N(CC(=O)O)C2=O)cc1OC. The molecule has 6 nitrogen and oxygen atoms in total. The highest BCUT2D eigenvalue weighted by molar-refractivity contribution is 8.26. The predicted molar refractivity (Wildman–Crippen MR) is 106 cm³/mol. The minimum Gasteiger partial charge on any atom is -0.493 e. The standard InChI is InChI=1S/C17H18ClNO5S2/c1-4-9(2)24-15-11(18)5-10(6-12(15)23-3)7-13-16(22)19(8-14(20)21)17(25)26-13/h5-7,9H,4,8H2,1-3H3,(H,20,21)/b13-7+/t9-/m1/s1. The van der Waals surface area contributed by atoms with Gasteiger partial charge in [0.05, 0.1) is 23.1 Å². The number of thiocarbonyl (C=S) groups is 1. The van der Waals surface area contributed by atoms with Crippen molar-refractivity contribution in [2.24, 2.45) is 0 Å². The van der Waals surface area contributed by atoms with Crippen LogP contribution in [0.4, 0.5) is 0 Å². The Labute approximate surface area is 166 Å². The molecule has 0 unspecified atom stereocenters. The average molecular weight is 416 g/mol. The van der Waals surface area contributed by atoms with Crippen LogP contribution in [-0.4, -0.2) is 46.0 Å². The van der Waals surface area contributed by atoms with Gasteiger partial charge in [-0.1, -0.05) is 42.5 Å². The van der Waals surface area contributed by atoms with Gasteiger partial charge in [-0.2, -0.15) is 0 Å². The first-order valence-electron chi connectivity index (χ1n) is 7.78. The topological polar surface area (TPSA) is 76.1 Å². The second-order valence-electron chi connectivity index (χ2n) is 5.53. The van der Waals surface area contributed by atoms with Gasteiger partial charge in [0, 0.05) is 0 Å². The van der Waals surface area contributed by atoms with Gasteiger partial charge in [0.25, 0.3) is 5.91 Å². The minimum atomic E-state index is -1.13. The molecule has 1 aromatic carbocycles. The van der Waals surface area contributed by atoms with Crippen molar-refractivity contribution in [2.75, 3.05) is 13.7 Å². The number of amides is 1. The van der Waals surface area contributed by atoms with Gasteiger partial charge in [-0.05, 0) is 37.1 Å². The summed E-state index contributed by atoms with van der Waals surface area (Å²) in [4.78, 5) is 24.6. The van der Waals surface area contributed by atoms with Gasteiger partial charge in [0.1, 0.15) is 10.9 Å².